The summed E-state index contributed by atoms with van der Waals surface area (Å²) in [5.41, 5.74) is 10.8. The molecule has 0 aliphatic heterocycles. The minimum atomic E-state index is -0.225. The second-order valence-electron chi connectivity index (χ2n) is 6.60. The number of H-pyrrole nitrogens is 1. The Labute approximate surface area is 172 Å². The van der Waals surface area contributed by atoms with Crippen molar-refractivity contribution in [2.24, 2.45) is 0 Å². The van der Waals surface area contributed by atoms with Gasteiger partial charge < -0.3 is 20.6 Å². The van der Waals surface area contributed by atoms with E-state index < -0.39 is 0 Å². The van der Waals surface area contributed by atoms with Crippen LogP contribution in [0.15, 0.2) is 66.7 Å². The molecule has 0 saturated carbocycles. The van der Waals surface area contributed by atoms with Gasteiger partial charge in [0.1, 0.15) is 0 Å². The third kappa shape index (κ3) is 3.74. The molecule has 0 bridgehead atoms. The number of aromatic nitrogens is 2. The van der Waals surface area contributed by atoms with E-state index in [1.807, 2.05) is 41.0 Å². The molecule has 0 spiro atoms. The predicted molar refractivity (Wildman–Crippen MR) is 116 cm³/mol. The summed E-state index contributed by atoms with van der Waals surface area (Å²) >= 11 is 5.43. The van der Waals surface area contributed by atoms with Crippen LogP contribution in [0.1, 0.15) is 21.5 Å². The number of carbonyl (C=O) groups is 1. The van der Waals surface area contributed by atoms with Gasteiger partial charge in [0.15, 0.2) is 4.77 Å². The summed E-state index contributed by atoms with van der Waals surface area (Å²) in [6, 6.07) is 22.0. The number of aromatic amines is 1. The van der Waals surface area contributed by atoms with E-state index in [0.717, 1.165) is 16.6 Å². The van der Waals surface area contributed by atoms with Gasteiger partial charge in [-0.05, 0) is 60.2 Å². The fourth-order valence-corrected chi connectivity index (χ4v) is 3.40. The zero-order chi connectivity index (χ0) is 20.4. The Hall–Kier alpha value is -3.89. The molecule has 1 heterocycles. The lowest BCUT2D eigenvalue weighted by atomic mass is 10.1. The van der Waals surface area contributed by atoms with E-state index in [1.165, 1.54) is 0 Å². The monoisotopic (exact) mass is 399 g/mol. The molecule has 0 unspecified atom stereocenters. The van der Waals surface area contributed by atoms with Crippen molar-refractivity contribution in [1.82, 2.24) is 9.55 Å². The lowest BCUT2D eigenvalue weighted by Gasteiger charge is -2.09. The van der Waals surface area contributed by atoms with Gasteiger partial charge in [-0.3, -0.25) is 4.79 Å². The fourth-order valence-electron chi connectivity index (χ4n) is 3.13. The summed E-state index contributed by atoms with van der Waals surface area (Å²) in [6.45, 7) is 0.529. The molecule has 1 amide bonds. The molecule has 4 aromatic rings. The SMILES string of the molecule is N#Cc1ccc2[nH]c(=S)n(Cc3ccc(C(=O)Nc4ccccc4N)cc3)c2c1. The van der Waals surface area contributed by atoms with Crippen molar-refractivity contribution in [2.75, 3.05) is 11.1 Å². The van der Waals surface area contributed by atoms with Gasteiger partial charge in [-0.15, -0.1) is 0 Å². The maximum atomic E-state index is 12.5. The molecule has 6 nitrogen and oxygen atoms in total. The van der Waals surface area contributed by atoms with Crippen LogP contribution in [0, 0.1) is 16.1 Å². The molecular weight excluding hydrogens is 382 g/mol. The van der Waals surface area contributed by atoms with Gasteiger partial charge >= 0.3 is 0 Å². The molecule has 1 aromatic heterocycles. The van der Waals surface area contributed by atoms with Crippen LogP contribution in [0.5, 0.6) is 0 Å². The van der Waals surface area contributed by atoms with E-state index in [1.54, 1.807) is 30.3 Å². The van der Waals surface area contributed by atoms with Crippen LogP contribution >= 0.6 is 12.2 Å². The first-order chi connectivity index (χ1) is 14.0. The van der Waals surface area contributed by atoms with Gasteiger partial charge in [-0.25, -0.2) is 0 Å². The second kappa shape index (κ2) is 7.62. The Morgan fingerprint density at radius 2 is 1.90 bits per heavy atom. The number of nitrogens with zero attached hydrogens (tertiary/aromatic N) is 2. The normalized spacial score (nSPS) is 10.6. The smallest absolute Gasteiger partial charge is 0.255 e. The number of nitrogens with two attached hydrogens (primary N) is 1. The Morgan fingerprint density at radius 1 is 1.14 bits per heavy atom. The summed E-state index contributed by atoms with van der Waals surface area (Å²) in [6.07, 6.45) is 0. The highest BCUT2D eigenvalue weighted by molar-refractivity contribution is 7.71. The highest BCUT2D eigenvalue weighted by atomic mass is 32.1. The third-order valence-electron chi connectivity index (χ3n) is 4.67. The largest absolute Gasteiger partial charge is 0.397 e. The molecule has 0 radical (unpaired) electrons. The van der Waals surface area contributed by atoms with E-state index in [4.69, 9.17) is 23.2 Å². The van der Waals surface area contributed by atoms with Crippen molar-refractivity contribution < 1.29 is 4.79 Å². The highest BCUT2D eigenvalue weighted by Crippen LogP contribution is 2.20. The quantitative estimate of drug-likeness (QED) is 0.349. The molecule has 142 valence electrons. The number of hydrogen-bond acceptors (Lipinski definition) is 4. The first-order valence-electron chi connectivity index (χ1n) is 8.92. The maximum absolute atomic E-state index is 12.5. The number of carbonyl (C=O) groups excluding carboxylic acids is 1. The molecule has 7 heteroatoms. The minimum Gasteiger partial charge on any atom is -0.397 e. The third-order valence-corrected chi connectivity index (χ3v) is 4.99. The van der Waals surface area contributed by atoms with Gasteiger partial charge in [-0.2, -0.15) is 5.26 Å². The summed E-state index contributed by atoms with van der Waals surface area (Å²) in [5, 5.41) is 12.0. The van der Waals surface area contributed by atoms with Crippen molar-refractivity contribution in [3.8, 4) is 6.07 Å². The van der Waals surface area contributed by atoms with Crippen LogP contribution in [0.2, 0.25) is 0 Å². The molecule has 3 aromatic carbocycles. The molecule has 0 aliphatic carbocycles. The van der Waals surface area contributed by atoms with Gasteiger partial charge in [0.2, 0.25) is 0 Å². The van der Waals surface area contributed by atoms with Gasteiger partial charge in [0.05, 0.1) is 40.6 Å². The average Bonchev–Trinajstić information content (AvgIpc) is 3.04. The summed E-state index contributed by atoms with van der Waals surface area (Å²) in [4.78, 5) is 15.6. The number of rotatable bonds is 4. The van der Waals surface area contributed by atoms with Gasteiger partial charge in [0.25, 0.3) is 5.91 Å². The van der Waals surface area contributed by atoms with Crippen LogP contribution in [-0.2, 0) is 6.54 Å². The van der Waals surface area contributed by atoms with Crippen LogP contribution in [-0.4, -0.2) is 15.5 Å². The Bertz CT molecular complexity index is 1310. The first-order valence-corrected chi connectivity index (χ1v) is 9.33. The van der Waals surface area contributed by atoms with E-state index in [9.17, 15) is 4.79 Å². The molecule has 29 heavy (non-hydrogen) atoms. The molecule has 4 N–H and O–H groups in total. The summed E-state index contributed by atoms with van der Waals surface area (Å²) in [7, 11) is 0. The zero-order valence-corrected chi connectivity index (χ0v) is 16.2. The highest BCUT2D eigenvalue weighted by Gasteiger charge is 2.10. The van der Waals surface area contributed by atoms with Crippen molar-refractivity contribution in [3.63, 3.8) is 0 Å². The lowest BCUT2D eigenvalue weighted by molar-refractivity contribution is 0.102. The number of anilines is 2. The predicted octanol–water partition coefficient (Wildman–Crippen LogP) is 4.45. The van der Waals surface area contributed by atoms with Crippen molar-refractivity contribution in [1.29, 1.82) is 5.26 Å². The molecule has 0 atom stereocenters. The van der Waals surface area contributed by atoms with E-state index in [2.05, 4.69) is 16.4 Å². The van der Waals surface area contributed by atoms with Crippen molar-refractivity contribution in [3.05, 3.63) is 88.2 Å². The number of fused-ring (bicyclic) bond motifs is 1. The summed E-state index contributed by atoms with van der Waals surface area (Å²) < 4.78 is 2.52. The maximum Gasteiger partial charge on any atom is 0.255 e. The van der Waals surface area contributed by atoms with E-state index in [0.29, 0.717) is 33.8 Å². The van der Waals surface area contributed by atoms with Crippen LogP contribution in [0.3, 0.4) is 0 Å². The number of amides is 1. The number of nitrogen functional groups attached to an aromatic ring is 1. The number of benzene rings is 3. The molecule has 0 fully saturated rings. The second-order valence-corrected chi connectivity index (χ2v) is 6.99. The average molecular weight is 399 g/mol. The number of para-hydroxylation sites is 2. The van der Waals surface area contributed by atoms with E-state index >= 15 is 0 Å². The Balaban J connectivity index is 1.56. The van der Waals surface area contributed by atoms with Crippen molar-refractivity contribution in [2.45, 2.75) is 6.54 Å². The minimum absolute atomic E-state index is 0.225. The van der Waals surface area contributed by atoms with E-state index in [-0.39, 0.29) is 5.91 Å². The lowest BCUT2D eigenvalue weighted by Crippen LogP contribution is -2.13. The fraction of sp³-hybridized carbons (Fsp3) is 0.0455. The number of nitriles is 1. The number of nitrogens with one attached hydrogen (secondary N) is 2. The van der Waals surface area contributed by atoms with Crippen molar-refractivity contribution >= 4 is 40.5 Å². The zero-order valence-electron chi connectivity index (χ0n) is 15.3. The number of imidazole rings is 1. The Morgan fingerprint density at radius 3 is 2.62 bits per heavy atom. The van der Waals surface area contributed by atoms with Crippen LogP contribution in [0.4, 0.5) is 11.4 Å². The molecule has 0 saturated heterocycles. The van der Waals surface area contributed by atoms with Crippen LogP contribution in [0.25, 0.3) is 11.0 Å². The van der Waals surface area contributed by atoms with Gasteiger partial charge in [0, 0.05) is 5.56 Å². The van der Waals surface area contributed by atoms with Crippen LogP contribution < -0.4 is 11.1 Å². The first kappa shape index (κ1) is 18.5. The van der Waals surface area contributed by atoms with Gasteiger partial charge in [-0.1, -0.05) is 24.3 Å². The number of hydrogen-bond donors (Lipinski definition) is 3. The topological polar surface area (TPSA) is 99.6 Å². The molecule has 0 aliphatic rings. The Kier molecular flexibility index (Phi) is 4.85. The molecule has 4 rings (SSSR count). The summed E-state index contributed by atoms with van der Waals surface area (Å²) in [5.74, 6) is -0.225. The standard InChI is InChI=1S/C22H17N5OS/c23-12-15-7-10-19-20(11-15)27(22(29)26-19)13-14-5-8-16(9-6-14)21(28)25-18-4-2-1-3-17(18)24/h1-11H,13,24H2,(H,25,28)(H,26,29). The molecular formula is C22H17N5OS.